The van der Waals surface area contributed by atoms with Crippen molar-refractivity contribution in [3.05, 3.63) is 59.7 Å². The molecule has 0 unspecified atom stereocenters. The summed E-state index contributed by atoms with van der Waals surface area (Å²) in [5.41, 5.74) is 1.58. The molecule has 28 heavy (non-hydrogen) atoms. The van der Waals surface area contributed by atoms with Crippen LogP contribution >= 0.6 is 0 Å². The Hall–Kier alpha value is -2.54. The average molecular weight is 403 g/mol. The van der Waals surface area contributed by atoms with E-state index in [2.05, 4.69) is 5.32 Å². The van der Waals surface area contributed by atoms with Gasteiger partial charge in [-0.1, -0.05) is 18.2 Å². The molecule has 3 rings (SSSR count). The van der Waals surface area contributed by atoms with Crippen molar-refractivity contribution in [2.45, 2.75) is 38.8 Å². The smallest absolute Gasteiger partial charge is 0.251 e. The molecule has 0 radical (unpaired) electrons. The van der Waals surface area contributed by atoms with E-state index >= 15 is 0 Å². The van der Waals surface area contributed by atoms with E-state index in [0.717, 1.165) is 11.3 Å². The Balaban J connectivity index is 1.78. The maximum atomic E-state index is 12.8. The first-order valence-electron chi connectivity index (χ1n) is 9.28. The second kappa shape index (κ2) is 7.47. The highest BCUT2D eigenvalue weighted by Gasteiger charge is 2.34. The van der Waals surface area contributed by atoms with Gasteiger partial charge in [-0.25, -0.2) is 8.42 Å². The van der Waals surface area contributed by atoms with Crippen molar-refractivity contribution >= 4 is 21.6 Å². The Bertz CT molecular complexity index is 968. The Morgan fingerprint density at radius 3 is 2.46 bits per heavy atom. The lowest BCUT2D eigenvalue weighted by Crippen LogP contribution is -2.41. The number of hydrogen-bond donors (Lipinski definition) is 1. The topological polar surface area (TPSA) is 75.7 Å². The van der Waals surface area contributed by atoms with Crippen molar-refractivity contribution in [2.75, 3.05) is 17.1 Å². The number of benzene rings is 2. The van der Waals surface area contributed by atoms with Gasteiger partial charge in [-0.15, -0.1) is 0 Å². The summed E-state index contributed by atoms with van der Waals surface area (Å²) in [5, 5.41) is 3.09. The van der Waals surface area contributed by atoms with Gasteiger partial charge in [0, 0.05) is 24.6 Å². The number of rotatable bonds is 5. The van der Waals surface area contributed by atoms with Crippen LogP contribution in [0.2, 0.25) is 0 Å². The van der Waals surface area contributed by atoms with Crippen molar-refractivity contribution in [3.63, 3.8) is 0 Å². The predicted octanol–water partition coefficient (Wildman–Crippen LogP) is 3.50. The Morgan fingerprint density at radius 1 is 1.18 bits per heavy atom. The summed E-state index contributed by atoms with van der Waals surface area (Å²) in [5.74, 6) is 0.598. The lowest BCUT2D eigenvalue weighted by Gasteiger charge is -2.37. The minimum absolute atomic E-state index is 0.0185. The molecule has 0 aromatic heterocycles. The second-order valence-corrected chi connectivity index (χ2v) is 9.83. The van der Waals surface area contributed by atoms with Crippen LogP contribution in [0.15, 0.2) is 48.5 Å². The summed E-state index contributed by atoms with van der Waals surface area (Å²) in [7, 11) is -1.83. The zero-order chi connectivity index (χ0) is 20.5. The van der Waals surface area contributed by atoms with Crippen LogP contribution in [-0.2, 0) is 10.0 Å². The van der Waals surface area contributed by atoms with Gasteiger partial charge in [0.25, 0.3) is 5.91 Å². The van der Waals surface area contributed by atoms with E-state index in [1.54, 1.807) is 31.2 Å². The van der Waals surface area contributed by atoms with E-state index in [1.807, 2.05) is 38.1 Å². The Labute approximate surface area is 166 Å². The van der Waals surface area contributed by atoms with E-state index in [1.165, 1.54) is 11.4 Å². The Kier molecular flexibility index (Phi) is 5.39. The minimum Gasteiger partial charge on any atom is -0.487 e. The summed E-state index contributed by atoms with van der Waals surface area (Å²) < 4.78 is 31.2. The minimum atomic E-state index is -3.33. The highest BCUT2D eigenvalue weighted by atomic mass is 32.2. The summed E-state index contributed by atoms with van der Waals surface area (Å²) in [4.78, 5) is 12.8. The van der Waals surface area contributed by atoms with Gasteiger partial charge in [-0.3, -0.25) is 9.10 Å². The number of carbonyl (C=O) groups excluding carboxylic acids is 1. The van der Waals surface area contributed by atoms with Gasteiger partial charge in [0.15, 0.2) is 0 Å². The number of ether oxygens (including phenoxy) is 1. The molecule has 1 aliphatic rings. The molecule has 2 aromatic carbocycles. The van der Waals surface area contributed by atoms with Crippen LogP contribution in [0.3, 0.4) is 0 Å². The summed E-state index contributed by atoms with van der Waals surface area (Å²) >= 11 is 0. The first kappa shape index (κ1) is 20.2. The van der Waals surface area contributed by atoms with Crippen LogP contribution < -0.4 is 14.4 Å². The standard InChI is InChI=1S/C21H26N2O4S/c1-5-28(25,26)23(4)16-12-10-15(11-13-16)20(24)22-18-14-21(2,3)27-19-9-7-6-8-17(18)19/h6-13,18H,5,14H2,1-4H3,(H,22,24)/t18-/m1/s1. The van der Waals surface area contributed by atoms with E-state index in [9.17, 15) is 13.2 Å². The average Bonchev–Trinajstić information content (AvgIpc) is 2.66. The molecule has 0 bridgehead atoms. The third-order valence-corrected chi connectivity index (χ3v) is 6.73. The zero-order valence-electron chi connectivity index (χ0n) is 16.6. The summed E-state index contributed by atoms with van der Waals surface area (Å²) in [6.07, 6.45) is 0.658. The fraction of sp³-hybridized carbons (Fsp3) is 0.381. The highest BCUT2D eigenvalue weighted by Crippen LogP contribution is 2.39. The molecule has 1 atom stereocenters. The van der Waals surface area contributed by atoms with Crippen molar-refractivity contribution < 1.29 is 17.9 Å². The summed E-state index contributed by atoms with van der Waals surface area (Å²) in [6.45, 7) is 5.60. The van der Waals surface area contributed by atoms with Gasteiger partial charge in [0.1, 0.15) is 11.4 Å². The molecule has 1 N–H and O–H groups in total. The third kappa shape index (κ3) is 4.14. The van der Waals surface area contributed by atoms with Crippen LogP contribution in [0.5, 0.6) is 5.75 Å². The van der Waals surface area contributed by atoms with Gasteiger partial charge < -0.3 is 10.1 Å². The molecular weight excluding hydrogens is 376 g/mol. The molecule has 150 valence electrons. The van der Waals surface area contributed by atoms with E-state index in [4.69, 9.17) is 4.74 Å². The molecule has 1 heterocycles. The van der Waals surface area contributed by atoms with Crippen LogP contribution in [0.4, 0.5) is 5.69 Å². The van der Waals surface area contributed by atoms with Gasteiger partial charge in [0.2, 0.25) is 10.0 Å². The van der Waals surface area contributed by atoms with Crippen molar-refractivity contribution in [1.82, 2.24) is 5.32 Å². The number of nitrogens with zero attached hydrogens (tertiary/aromatic N) is 1. The molecule has 6 nitrogen and oxygen atoms in total. The first-order valence-corrected chi connectivity index (χ1v) is 10.9. The van der Waals surface area contributed by atoms with Gasteiger partial charge in [-0.05, 0) is 51.1 Å². The molecule has 0 aliphatic carbocycles. The van der Waals surface area contributed by atoms with Crippen LogP contribution in [0, 0.1) is 0 Å². The highest BCUT2D eigenvalue weighted by molar-refractivity contribution is 7.92. The molecule has 1 amide bonds. The third-order valence-electron chi connectivity index (χ3n) is 4.96. The number of anilines is 1. The van der Waals surface area contributed by atoms with Gasteiger partial charge >= 0.3 is 0 Å². The fourth-order valence-electron chi connectivity index (χ4n) is 3.35. The fourth-order valence-corrected chi connectivity index (χ4v) is 4.18. The number of hydrogen-bond acceptors (Lipinski definition) is 4. The maximum Gasteiger partial charge on any atom is 0.251 e. The first-order chi connectivity index (χ1) is 13.1. The molecule has 1 aliphatic heterocycles. The number of nitrogens with one attached hydrogen (secondary N) is 1. The van der Waals surface area contributed by atoms with Gasteiger partial charge in [0.05, 0.1) is 17.5 Å². The number of sulfonamides is 1. The summed E-state index contributed by atoms with van der Waals surface area (Å²) in [6, 6.07) is 14.1. The molecule has 0 spiro atoms. The van der Waals surface area contributed by atoms with E-state index < -0.39 is 10.0 Å². The maximum absolute atomic E-state index is 12.8. The van der Waals surface area contributed by atoms with Crippen LogP contribution in [0.1, 0.15) is 49.2 Å². The molecule has 0 saturated carbocycles. The molecule has 7 heteroatoms. The number of carbonyl (C=O) groups is 1. The van der Waals surface area contributed by atoms with Crippen molar-refractivity contribution in [2.24, 2.45) is 0 Å². The molecule has 2 aromatic rings. The van der Waals surface area contributed by atoms with Crippen molar-refractivity contribution in [1.29, 1.82) is 0 Å². The van der Waals surface area contributed by atoms with Crippen molar-refractivity contribution in [3.8, 4) is 5.75 Å². The zero-order valence-corrected chi connectivity index (χ0v) is 17.4. The molecule has 0 saturated heterocycles. The van der Waals surface area contributed by atoms with E-state index in [-0.39, 0.29) is 23.3 Å². The molecule has 0 fully saturated rings. The lowest BCUT2D eigenvalue weighted by atomic mass is 9.89. The quantitative estimate of drug-likeness (QED) is 0.830. The second-order valence-electron chi connectivity index (χ2n) is 7.54. The number of fused-ring (bicyclic) bond motifs is 1. The number of amides is 1. The SMILES string of the molecule is CCS(=O)(=O)N(C)c1ccc(C(=O)N[C@@H]2CC(C)(C)Oc3ccccc32)cc1. The normalized spacial score (nSPS) is 17.9. The molecular formula is C21H26N2O4S. The van der Waals surface area contributed by atoms with E-state index in [0.29, 0.717) is 17.7 Å². The largest absolute Gasteiger partial charge is 0.487 e. The number of para-hydroxylation sites is 1. The lowest BCUT2D eigenvalue weighted by molar-refractivity contribution is 0.0619. The van der Waals surface area contributed by atoms with Crippen LogP contribution in [-0.4, -0.2) is 32.7 Å². The monoisotopic (exact) mass is 402 g/mol. The van der Waals surface area contributed by atoms with Gasteiger partial charge in [-0.2, -0.15) is 0 Å². The predicted molar refractivity (Wildman–Crippen MR) is 110 cm³/mol. The Morgan fingerprint density at radius 2 is 1.82 bits per heavy atom. The van der Waals surface area contributed by atoms with Crippen LogP contribution in [0.25, 0.3) is 0 Å².